The summed E-state index contributed by atoms with van der Waals surface area (Å²) in [5.74, 6) is -2.16. The topological polar surface area (TPSA) is 51.2 Å². The number of esters is 1. The molecular weight excluding hydrogens is 326 g/mol. The lowest BCUT2D eigenvalue weighted by Gasteiger charge is -2.15. The molecule has 1 N–H and O–H groups in total. The third-order valence-corrected chi connectivity index (χ3v) is 3.67. The standard InChI is InChI=1S/C19H16F2N2O2/c1-3-25-19(24)15-10-22-18-14(8-12(20)9-16(18)21)17(15)23-13-6-4-5-11(2)7-13/h4-10H,3H2,1-2H3,(H,22,23). The molecule has 0 saturated carbocycles. The number of fused-ring (bicyclic) bond motifs is 1. The number of benzene rings is 2. The lowest BCUT2D eigenvalue weighted by molar-refractivity contribution is 0.0527. The number of carbonyl (C=O) groups excluding carboxylic acids is 1. The van der Waals surface area contributed by atoms with Gasteiger partial charge in [0, 0.05) is 23.3 Å². The highest BCUT2D eigenvalue weighted by Gasteiger charge is 2.19. The first-order valence-electron chi connectivity index (χ1n) is 7.78. The van der Waals surface area contributed by atoms with Crippen LogP contribution in [0.2, 0.25) is 0 Å². The van der Waals surface area contributed by atoms with Gasteiger partial charge in [-0.15, -0.1) is 0 Å². The van der Waals surface area contributed by atoms with Crippen molar-refractivity contribution >= 4 is 28.2 Å². The van der Waals surface area contributed by atoms with Crippen LogP contribution >= 0.6 is 0 Å². The molecule has 0 atom stereocenters. The summed E-state index contributed by atoms with van der Waals surface area (Å²) in [6.45, 7) is 3.78. The Hall–Kier alpha value is -3.02. The molecule has 1 heterocycles. The molecule has 0 aliphatic heterocycles. The van der Waals surface area contributed by atoms with Crippen molar-refractivity contribution in [1.82, 2.24) is 4.98 Å². The molecule has 1 aromatic heterocycles. The van der Waals surface area contributed by atoms with E-state index in [4.69, 9.17) is 4.74 Å². The first-order chi connectivity index (χ1) is 12.0. The Morgan fingerprint density at radius 1 is 1.24 bits per heavy atom. The number of aryl methyl sites for hydroxylation is 1. The van der Waals surface area contributed by atoms with Gasteiger partial charge in [0.1, 0.15) is 16.9 Å². The summed E-state index contributed by atoms with van der Waals surface area (Å²) in [6.07, 6.45) is 1.24. The van der Waals surface area contributed by atoms with Gasteiger partial charge in [0.25, 0.3) is 0 Å². The van der Waals surface area contributed by atoms with Crippen molar-refractivity contribution in [3.05, 3.63) is 65.4 Å². The van der Waals surface area contributed by atoms with Crippen LogP contribution in [0.15, 0.2) is 42.6 Å². The third kappa shape index (κ3) is 3.42. The van der Waals surface area contributed by atoms with Crippen molar-refractivity contribution in [3.63, 3.8) is 0 Å². The number of halogens is 2. The molecule has 4 nitrogen and oxygen atoms in total. The average Bonchev–Trinajstić information content (AvgIpc) is 2.55. The second-order valence-electron chi connectivity index (χ2n) is 5.55. The Morgan fingerprint density at radius 2 is 2.04 bits per heavy atom. The van der Waals surface area contributed by atoms with Crippen molar-refractivity contribution in [2.45, 2.75) is 13.8 Å². The van der Waals surface area contributed by atoms with Gasteiger partial charge in [0.05, 0.1) is 12.3 Å². The monoisotopic (exact) mass is 342 g/mol. The summed E-state index contributed by atoms with van der Waals surface area (Å²) in [5, 5.41) is 3.25. The number of aromatic nitrogens is 1. The SMILES string of the molecule is CCOC(=O)c1cnc2c(F)cc(F)cc2c1Nc1cccc(C)c1. The van der Waals surface area contributed by atoms with Gasteiger partial charge in [-0.2, -0.15) is 0 Å². The van der Waals surface area contributed by atoms with E-state index in [2.05, 4.69) is 10.3 Å². The maximum absolute atomic E-state index is 14.1. The Labute approximate surface area is 143 Å². The Kier molecular flexibility index (Phi) is 4.61. The molecule has 0 spiro atoms. The number of ether oxygens (including phenoxy) is 1. The highest BCUT2D eigenvalue weighted by atomic mass is 19.1. The van der Waals surface area contributed by atoms with Gasteiger partial charge < -0.3 is 10.1 Å². The molecule has 0 unspecified atom stereocenters. The molecule has 0 aliphatic carbocycles. The van der Waals surface area contributed by atoms with Crippen molar-refractivity contribution in [2.24, 2.45) is 0 Å². The molecule has 0 aliphatic rings. The van der Waals surface area contributed by atoms with Crippen LogP contribution in [-0.2, 0) is 4.74 Å². The zero-order valence-corrected chi connectivity index (χ0v) is 13.8. The minimum absolute atomic E-state index is 0.0235. The van der Waals surface area contributed by atoms with E-state index in [0.717, 1.165) is 17.7 Å². The van der Waals surface area contributed by atoms with Crippen LogP contribution in [0.25, 0.3) is 10.9 Å². The Morgan fingerprint density at radius 3 is 2.76 bits per heavy atom. The minimum atomic E-state index is -0.794. The number of carbonyl (C=O) groups is 1. The summed E-state index contributed by atoms with van der Waals surface area (Å²) in [6, 6.07) is 9.32. The minimum Gasteiger partial charge on any atom is -0.462 e. The molecule has 0 fully saturated rings. The van der Waals surface area contributed by atoms with E-state index in [9.17, 15) is 13.6 Å². The molecule has 0 bridgehead atoms. The fourth-order valence-electron chi connectivity index (χ4n) is 2.59. The van der Waals surface area contributed by atoms with E-state index in [0.29, 0.717) is 5.69 Å². The molecule has 6 heteroatoms. The quantitative estimate of drug-likeness (QED) is 0.696. The van der Waals surface area contributed by atoms with Crippen LogP contribution in [0, 0.1) is 18.6 Å². The second kappa shape index (κ2) is 6.84. The van der Waals surface area contributed by atoms with Gasteiger partial charge in [-0.05, 0) is 37.6 Å². The lowest BCUT2D eigenvalue weighted by atomic mass is 10.1. The van der Waals surface area contributed by atoms with Crippen LogP contribution in [0.5, 0.6) is 0 Å². The van der Waals surface area contributed by atoms with Gasteiger partial charge in [-0.25, -0.2) is 13.6 Å². The largest absolute Gasteiger partial charge is 0.462 e. The smallest absolute Gasteiger partial charge is 0.341 e. The molecular formula is C19H16F2N2O2. The number of nitrogens with zero attached hydrogens (tertiary/aromatic N) is 1. The number of nitrogens with one attached hydrogen (secondary N) is 1. The van der Waals surface area contributed by atoms with Crippen LogP contribution in [0.4, 0.5) is 20.2 Å². The highest BCUT2D eigenvalue weighted by molar-refractivity contribution is 6.06. The fourth-order valence-corrected chi connectivity index (χ4v) is 2.59. The van der Waals surface area contributed by atoms with Crippen LogP contribution in [0.1, 0.15) is 22.8 Å². The van der Waals surface area contributed by atoms with Crippen molar-refractivity contribution < 1.29 is 18.3 Å². The molecule has 0 saturated heterocycles. The van der Waals surface area contributed by atoms with E-state index >= 15 is 0 Å². The fraction of sp³-hybridized carbons (Fsp3) is 0.158. The number of hydrogen-bond acceptors (Lipinski definition) is 4. The summed E-state index contributed by atoms with van der Waals surface area (Å²) in [4.78, 5) is 16.2. The summed E-state index contributed by atoms with van der Waals surface area (Å²) in [5.41, 5.74) is 2.03. The van der Waals surface area contributed by atoms with Crippen LogP contribution in [0.3, 0.4) is 0 Å². The number of anilines is 2. The van der Waals surface area contributed by atoms with Crippen molar-refractivity contribution in [3.8, 4) is 0 Å². The predicted molar refractivity (Wildman–Crippen MR) is 92.1 cm³/mol. The first-order valence-corrected chi connectivity index (χ1v) is 7.78. The van der Waals surface area contributed by atoms with Crippen LogP contribution in [-0.4, -0.2) is 17.6 Å². The average molecular weight is 342 g/mol. The first kappa shape index (κ1) is 16.8. The molecule has 128 valence electrons. The lowest BCUT2D eigenvalue weighted by Crippen LogP contribution is -2.10. The van der Waals surface area contributed by atoms with E-state index in [1.54, 1.807) is 13.0 Å². The van der Waals surface area contributed by atoms with Crippen LogP contribution < -0.4 is 5.32 Å². The van der Waals surface area contributed by atoms with Gasteiger partial charge >= 0.3 is 5.97 Å². The summed E-state index contributed by atoms with van der Waals surface area (Å²) < 4.78 is 32.8. The predicted octanol–water partition coefficient (Wildman–Crippen LogP) is 4.74. The maximum atomic E-state index is 14.1. The van der Waals surface area contributed by atoms with E-state index in [1.807, 2.05) is 25.1 Å². The Bertz CT molecular complexity index is 958. The normalized spacial score (nSPS) is 10.7. The Balaban J connectivity index is 2.23. The van der Waals surface area contributed by atoms with E-state index < -0.39 is 17.6 Å². The number of pyridine rings is 1. The second-order valence-corrected chi connectivity index (χ2v) is 5.55. The maximum Gasteiger partial charge on any atom is 0.341 e. The zero-order valence-electron chi connectivity index (χ0n) is 13.8. The molecule has 2 aromatic carbocycles. The van der Waals surface area contributed by atoms with E-state index in [1.165, 1.54) is 6.20 Å². The van der Waals surface area contributed by atoms with Crippen molar-refractivity contribution in [1.29, 1.82) is 0 Å². The summed E-state index contributed by atoms with van der Waals surface area (Å²) >= 11 is 0. The van der Waals surface area contributed by atoms with E-state index in [-0.39, 0.29) is 28.8 Å². The highest BCUT2D eigenvalue weighted by Crippen LogP contribution is 2.31. The number of rotatable bonds is 4. The molecule has 0 radical (unpaired) electrons. The van der Waals surface area contributed by atoms with Gasteiger partial charge in [-0.1, -0.05) is 12.1 Å². The number of hydrogen-bond donors (Lipinski definition) is 1. The summed E-state index contributed by atoms with van der Waals surface area (Å²) in [7, 11) is 0. The van der Waals surface area contributed by atoms with Crippen molar-refractivity contribution in [2.75, 3.05) is 11.9 Å². The molecule has 3 aromatic rings. The molecule has 0 amide bonds. The third-order valence-electron chi connectivity index (χ3n) is 3.67. The van der Waals surface area contributed by atoms with Gasteiger partial charge in [0.2, 0.25) is 0 Å². The zero-order chi connectivity index (χ0) is 18.0. The molecule has 3 rings (SSSR count). The molecule has 25 heavy (non-hydrogen) atoms. The van der Waals surface area contributed by atoms with Gasteiger partial charge in [0.15, 0.2) is 5.82 Å². The van der Waals surface area contributed by atoms with Gasteiger partial charge in [-0.3, -0.25) is 4.98 Å².